The van der Waals surface area contributed by atoms with Crippen molar-refractivity contribution in [2.24, 2.45) is 5.41 Å². The van der Waals surface area contributed by atoms with Gasteiger partial charge in [0.2, 0.25) is 0 Å². The van der Waals surface area contributed by atoms with Gasteiger partial charge in [-0.3, -0.25) is 4.90 Å². The quantitative estimate of drug-likeness (QED) is 0.849. The summed E-state index contributed by atoms with van der Waals surface area (Å²) in [5.74, 6) is -1.01. The number of benzene rings is 2. The highest BCUT2D eigenvalue weighted by molar-refractivity contribution is 5.86. The highest BCUT2D eigenvalue weighted by atomic mass is 16.6. The van der Waals surface area contributed by atoms with E-state index in [1.54, 1.807) is 0 Å². The normalized spacial score (nSPS) is 18.5. The maximum absolute atomic E-state index is 12.7. The van der Waals surface area contributed by atoms with Crippen LogP contribution in [0.2, 0.25) is 0 Å². The van der Waals surface area contributed by atoms with Gasteiger partial charge in [-0.1, -0.05) is 62.4 Å². The summed E-state index contributed by atoms with van der Waals surface area (Å²) in [4.78, 5) is 25.9. The van der Waals surface area contributed by atoms with Gasteiger partial charge in [0.1, 0.15) is 12.1 Å². The molecule has 0 unspecified atom stereocenters. The summed E-state index contributed by atoms with van der Waals surface area (Å²) in [6, 6.07) is 16.3. The smallest absolute Gasteiger partial charge is 0.410 e. The van der Waals surface area contributed by atoms with Gasteiger partial charge in [-0.25, -0.2) is 9.59 Å². The molecule has 0 aromatic heterocycles. The van der Waals surface area contributed by atoms with Crippen molar-refractivity contribution in [1.82, 2.24) is 4.90 Å². The summed E-state index contributed by atoms with van der Waals surface area (Å²) < 4.78 is 5.63. The number of nitrogens with zero attached hydrogens (tertiary/aromatic N) is 1. The Bertz CT molecular complexity index is 896. The molecule has 0 heterocycles. The summed E-state index contributed by atoms with van der Waals surface area (Å²) in [5.41, 5.74) is 3.33. The lowest BCUT2D eigenvalue weighted by atomic mass is 9.58. The molecule has 2 aliphatic carbocycles. The first kappa shape index (κ1) is 18.5. The molecular weight excluding hydrogens is 354 g/mol. The summed E-state index contributed by atoms with van der Waals surface area (Å²) in [6.07, 6.45) is 0.270. The maximum Gasteiger partial charge on any atom is 0.410 e. The third kappa shape index (κ3) is 2.77. The van der Waals surface area contributed by atoms with Crippen LogP contribution >= 0.6 is 0 Å². The topological polar surface area (TPSA) is 66.8 Å². The van der Waals surface area contributed by atoms with E-state index in [1.165, 1.54) is 11.9 Å². The summed E-state index contributed by atoms with van der Waals surface area (Å²) in [7, 11) is 1.53. The zero-order chi connectivity index (χ0) is 20.1. The van der Waals surface area contributed by atoms with E-state index in [9.17, 15) is 14.7 Å². The van der Waals surface area contributed by atoms with E-state index in [1.807, 2.05) is 38.1 Å². The molecule has 0 saturated heterocycles. The number of carbonyl (C=O) groups is 2. The van der Waals surface area contributed by atoms with Crippen LogP contribution in [-0.4, -0.2) is 41.3 Å². The summed E-state index contributed by atoms with van der Waals surface area (Å²) in [6.45, 7) is 4.22. The van der Waals surface area contributed by atoms with Crippen molar-refractivity contribution >= 4 is 12.1 Å². The van der Waals surface area contributed by atoms with Gasteiger partial charge in [0.25, 0.3) is 0 Å². The molecule has 1 fully saturated rings. The third-order valence-electron chi connectivity index (χ3n) is 6.19. The SMILES string of the molecule is CN(C(=O)OCC1c2ccccc2-c2ccccc21)C1(C(=O)O)CC(C)(C)C1. The molecule has 4 rings (SSSR count). The average molecular weight is 379 g/mol. The Morgan fingerprint density at radius 3 is 2.00 bits per heavy atom. The minimum absolute atomic E-state index is 0.0386. The Kier molecular flexibility index (Phi) is 4.21. The molecule has 5 nitrogen and oxygen atoms in total. The largest absolute Gasteiger partial charge is 0.479 e. The van der Waals surface area contributed by atoms with Gasteiger partial charge in [0, 0.05) is 13.0 Å². The van der Waals surface area contributed by atoms with E-state index in [4.69, 9.17) is 4.74 Å². The van der Waals surface area contributed by atoms with E-state index < -0.39 is 17.6 Å². The van der Waals surface area contributed by atoms with E-state index in [0.29, 0.717) is 12.8 Å². The van der Waals surface area contributed by atoms with Crippen molar-refractivity contribution in [3.05, 3.63) is 59.7 Å². The molecule has 1 N–H and O–H groups in total. The highest BCUT2D eigenvalue weighted by Crippen LogP contribution is 2.51. The molecule has 0 atom stereocenters. The van der Waals surface area contributed by atoms with Crippen molar-refractivity contribution in [3.8, 4) is 11.1 Å². The first-order valence-corrected chi connectivity index (χ1v) is 9.57. The van der Waals surface area contributed by atoms with Gasteiger partial charge < -0.3 is 9.84 Å². The Morgan fingerprint density at radius 1 is 1.04 bits per heavy atom. The molecule has 1 amide bonds. The van der Waals surface area contributed by atoms with Crippen LogP contribution in [0.3, 0.4) is 0 Å². The van der Waals surface area contributed by atoms with Crippen LogP contribution in [0, 0.1) is 5.41 Å². The van der Waals surface area contributed by atoms with Crippen molar-refractivity contribution in [3.63, 3.8) is 0 Å². The standard InChI is InChI=1S/C23H25NO4/c1-22(2)13-23(14-22,20(25)26)24(3)21(27)28-12-19-17-10-6-4-8-15(17)16-9-5-7-11-18(16)19/h4-11,19H,12-14H2,1-3H3,(H,25,26). The lowest BCUT2D eigenvalue weighted by Gasteiger charge is -2.53. The molecule has 2 aromatic rings. The predicted molar refractivity (Wildman–Crippen MR) is 106 cm³/mol. The van der Waals surface area contributed by atoms with Crippen molar-refractivity contribution in [2.75, 3.05) is 13.7 Å². The van der Waals surface area contributed by atoms with E-state index in [2.05, 4.69) is 24.3 Å². The molecule has 0 bridgehead atoms. The molecule has 2 aromatic carbocycles. The Balaban J connectivity index is 1.52. The van der Waals surface area contributed by atoms with E-state index in [0.717, 1.165) is 22.3 Å². The van der Waals surface area contributed by atoms with Crippen LogP contribution in [0.4, 0.5) is 4.79 Å². The Morgan fingerprint density at radius 2 is 1.54 bits per heavy atom. The van der Waals surface area contributed by atoms with Gasteiger partial charge >= 0.3 is 12.1 Å². The number of rotatable bonds is 4. The second-order valence-electron chi connectivity index (χ2n) is 8.72. The fraction of sp³-hybridized carbons (Fsp3) is 0.391. The molecule has 0 radical (unpaired) electrons. The lowest BCUT2D eigenvalue weighted by Crippen LogP contribution is -2.65. The number of hydrogen-bond donors (Lipinski definition) is 1. The van der Waals surface area contributed by atoms with Crippen LogP contribution in [0.1, 0.15) is 43.7 Å². The first-order valence-electron chi connectivity index (χ1n) is 9.57. The summed E-state index contributed by atoms with van der Waals surface area (Å²) >= 11 is 0. The highest BCUT2D eigenvalue weighted by Gasteiger charge is 2.59. The van der Waals surface area contributed by atoms with Crippen molar-refractivity contribution < 1.29 is 19.4 Å². The van der Waals surface area contributed by atoms with Gasteiger partial charge in [0.05, 0.1) is 0 Å². The number of carboxylic acids is 1. The number of fused-ring (bicyclic) bond motifs is 3. The second kappa shape index (κ2) is 6.36. The van der Waals surface area contributed by atoms with Crippen LogP contribution in [0.25, 0.3) is 11.1 Å². The van der Waals surface area contributed by atoms with Gasteiger partial charge in [-0.2, -0.15) is 0 Å². The Labute approximate surface area is 164 Å². The van der Waals surface area contributed by atoms with Gasteiger partial charge in [-0.15, -0.1) is 0 Å². The van der Waals surface area contributed by atoms with Crippen molar-refractivity contribution in [1.29, 1.82) is 0 Å². The molecule has 2 aliphatic rings. The van der Waals surface area contributed by atoms with Gasteiger partial charge in [0.15, 0.2) is 0 Å². The number of carboxylic acid groups (broad SMARTS) is 1. The third-order valence-corrected chi connectivity index (χ3v) is 6.19. The minimum atomic E-state index is -1.17. The number of likely N-dealkylation sites (N-methyl/N-ethyl adjacent to an activating group) is 1. The first-order chi connectivity index (χ1) is 13.3. The van der Waals surface area contributed by atoms with Gasteiger partial charge in [-0.05, 0) is 40.5 Å². The minimum Gasteiger partial charge on any atom is -0.479 e. The van der Waals surface area contributed by atoms with Crippen LogP contribution in [-0.2, 0) is 9.53 Å². The molecule has 0 spiro atoms. The molecule has 1 saturated carbocycles. The molecule has 146 valence electrons. The zero-order valence-electron chi connectivity index (χ0n) is 16.4. The molecular formula is C23H25NO4. The number of amides is 1. The zero-order valence-corrected chi connectivity index (χ0v) is 16.4. The van der Waals surface area contributed by atoms with Crippen LogP contribution in [0.15, 0.2) is 48.5 Å². The number of carbonyl (C=O) groups excluding carboxylic acids is 1. The molecule has 0 aliphatic heterocycles. The van der Waals surface area contributed by atoms with E-state index in [-0.39, 0.29) is 17.9 Å². The van der Waals surface area contributed by atoms with Crippen LogP contribution in [0.5, 0.6) is 0 Å². The number of ether oxygens (including phenoxy) is 1. The number of aliphatic carboxylic acids is 1. The summed E-state index contributed by atoms with van der Waals surface area (Å²) in [5, 5.41) is 9.73. The fourth-order valence-electron chi connectivity index (χ4n) is 4.93. The fourth-order valence-corrected chi connectivity index (χ4v) is 4.93. The van der Waals surface area contributed by atoms with E-state index >= 15 is 0 Å². The van der Waals surface area contributed by atoms with Crippen LogP contribution < -0.4 is 0 Å². The number of hydrogen-bond acceptors (Lipinski definition) is 3. The lowest BCUT2D eigenvalue weighted by molar-refractivity contribution is -0.165. The molecule has 28 heavy (non-hydrogen) atoms. The second-order valence-corrected chi connectivity index (χ2v) is 8.72. The predicted octanol–water partition coefficient (Wildman–Crippen LogP) is 4.51. The van der Waals surface area contributed by atoms with Crippen molar-refractivity contribution in [2.45, 2.75) is 38.1 Å². The monoisotopic (exact) mass is 379 g/mol. The molecule has 5 heteroatoms. The average Bonchev–Trinajstić information content (AvgIpc) is 2.97. The Hall–Kier alpha value is -2.82. The maximum atomic E-state index is 12.7.